The number of benzene rings is 2. The maximum atomic E-state index is 11.8. The van der Waals surface area contributed by atoms with Gasteiger partial charge < -0.3 is 10.4 Å². The predicted octanol–water partition coefficient (Wildman–Crippen LogP) is 2.11. The van der Waals surface area contributed by atoms with Crippen LogP contribution >= 0.6 is 0 Å². The van der Waals surface area contributed by atoms with Crippen molar-refractivity contribution in [2.24, 2.45) is 5.10 Å². The van der Waals surface area contributed by atoms with Crippen LogP contribution in [0.1, 0.15) is 22.8 Å². The van der Waals surface area contributed by atoms with Crippen molar-refractivity contribution in [3.05, 3.63) is 59.7 Å². The van der Waals surface area contributed by atoms with Gasteiger partial charge in [-0.3, -0.25) is 9.59 Å². The van der Waals surface area contributed by atoms with Crippen molar-refractivity contribution in [3.8, 4) is 5.75 Å². The number of hydrazone groups is 1. The Morgan fingerprint density at radius 3 is 2.50 bits per heavy atom. The largest absolute Gasteiger partial charge is 0.508 e. The van der Waals surface area contributed by atoms with E-state index in [1.807, 2.05) is 0 Å². The van der Waals surface area contributed by atoms with Crippen LogP contribution in [0.3, 0.4) is 0 Å². The van der Waals surface area contributed by atoms with Crippen LogP contribution in [-0.4, -0.2) is 23.1 Å². The van der Waals surface area contributed by atoms with E-state index in [1.54, 1.807) is 36.4 Å². The third kappa shape index (κ3) is 4.45. The zero-order valence-corrected chi connectivity index (χ0v) is 11.9. The van der Waals surface area contributed by atoms with Gasteiger partial charge in [-0.15, -0.1) is 0 Å². The van der Waals surface area contributed by atoms with E-state index in [9.17, 15) is 14.7 Å². The van der Waals surface area contributed by atoms with Gasteiger partial charge in [0.25, 0.3) is 5.91 Å². The van der Waals surface area contributed by atoms with Gasteiger partial charge in [-0.1, -0.05) is 18.2 Å². The number of carbonyl (C=O) groups excluding carboxylic acids is 2. The Bertz CT molecular complexity index is 709. The lowest BCUT2D eigenvalue weighted by Crippen LogP contribution is -2.17. The maximum absolute atomic E-state index is 11.8. The molecular weight excluding hydrogens is 282 g/mol. The number of anilines is 1. The van der Waals surface area contributed by atoms with Crippen LogP contribution in [0.15, 0.2) is 53.6 Å². The van der Waals surface area contributed by atoms with Gasteiger partial charge in [-0.05, 0) is 35.9 Å². The summed E-state index contributed by atoms with van der Waals surface area (Å²) in [6.07, 6.45) is 1.48. The summed E-state index contributed by atoms with van der Waals surface area (Å²) in [7, 11) is 0. The molecule has 0 atom stereocenters. The van der Waals surface area contributed by atoms with Crippen molar-refractivity contribution < 1.29 is 14.7 Å². The average Bonchev–Trinajstić information content (AvgIpc) is 2.48. The minimum absolute atomic E-state index is 0.0187. The first-order valence-corrected chi connectivity index (χ1v) is 6.55. The first kappa shape index (κ1) is 15.2. The summed E-state index contributed by atoms with van der Waals surface area (Å²) in [4.78, 5) is 22.7. The summed E-state index contributed by atoms with van der Waals surface area (Å²) in [6, 6.07) is 13.0. The highest BCUT2D eigenvalue weighted by Gasteiger charge is 2.04. The lowest BCUT2D eigenvalue weighted by Gasteiger charge is -2.02. The topological polar surface area (TPSA) is 90.8 Å². The van der Waals surface area contributed by atoms with Crippen LogP contribution in [0.4, 0.5) is 5.69 Å². The van der Waals surface area contributed by atoms with Crippen molar-refractivity contribution >= 4 is 23.7 Å². The van der Waals surface area contributed by atoms with Gasteiger partial charge in [0.05, 0.1) is 6.21 Å². The third-order valence-corrected chi connectivity index (χ3v) is 2.72. The van der Waals surface area contributed by atoms with Crippen LogP contribution in [0.25, 0.3) is 0 Å². The highest BCUT2D eigenvalue weighted by atomic mass is 16.3. The average molecular weight is 297 g/mol. The Balaban J connectivity index is 1.94. The second kappa shape index (κ2) is 7.03. The SMILES string of the molecule is CC(=O)Nc1ccc(C=NNC(=O)c2cccc(O)c2)cc1. The van der Waals surface area contributed by atoms with Gasteiger partial charge in [-0.2, -0.15) is 5.10 Å². The van der Waals surface area contributed by atoms with E-state index in [-0.39, 0.29) is 11.7 Å². The normalized spacial score (nSPS) is 10.4. The molecular formula is C16H15N3O3. The second-order valence-electron chi connectivity index (χ2n) is 4.55. The van der Waals surface area contributed by atoms with Gasteiger partial charge >= 0.3 is 0 Å². The molecule has 2 amide bonds. The van der Waals surface area contributed by atoms with E-state index in [0.29, 0.717) is 11.3 Å². The first-order chi connectivity index (χ1) is 10.5. The van der Waals surface area contributed by atoms with Gasteiger partial charge in [0.15, 0.2) is 0 Å². The molecule has 3 N–H and O–H groups in total. The number of amides is 2. The fourth-order valence-corrected chi connectivity index (χ4v) is 1.73. The highest BCUT2D eigenvalue weighted by Crippen LogP contribution is 2.10. The lowest BCUT2D eigenvalue weighted by molar-refractivity contribution is -0.114. The molecule has 0 saturated heterocycles. The number of rotatable bonds is 4. The summed E-state index contributed by atoms with van der Waals surface area (Å²) < 4.78 is 0. The molecule has 6 heteroatoms. The zero-order chi connectivity index (χ0) is 15.9. The van der Waals surface area contributed by atoms with Crippen molar-refractivity contribution in [2.45, 2.75) is 6.92 Å². The Kier molecular flexibility index (Phi) is 4.87. The predicted molar refractivity (Wildman–Crippen MR) is 83.9 cm³/mol. The van der Waals surface area contributed by atoms with Gasteiger partial charge in [-0.25, -0.2) is 5.43 Å². The molecule has 0 heterocycles. The first-order valence-electron chi connectivity index (χ1n) is 6.55. The minimum Gasteiger partial charge on any atom is -0.508 e. The fraction of sp³-hybridized carbons (Fsp3) is 0.0625. The second-order valence-corrected chi connectivity index (χ2v) is 4.55. The molecule has 2 aromatic rings. The summed E-state index contributed by atoms with van der Waals surface area (Å²) in [5, 5.41) is 15.8. The van der Waals surface area contributed by atoms with Crippen LogP contribution in [-0.2, 0) is 4.79 Å². The Hall–Kier alpha value is -3.15. The molecule has 0 aliphatic rings. The smallest absolute Gasteiger partial charge is 0.271 e. The number of carbonyl (C=O) groups is 2. The molecule has 0 saturated carbocycles. The zero-order valence-electron chi connectivity index (χ0n) is 11.9. The molecule has 22 heavy (non-hydrogen) atoms. The van der Waals surface area contributed by atoms with Crippen LogP contribution in [0, 0.1) is 0 Å². The van der Waals surface area contributed by atoms with Crippen LogP contribution in [0.2, 0.25) is 0 Å². The number of hydrogen-bond donors (Lipinski definition) is 3. The number of hydrogen-bond acceptors (Lipinski definition) is 4. The van der Waals surface area contributed by atoms with Gasteiger partial charge in [0.2, 0.25) is 5.91 Å². The van der Waals surface area contributed by atoms with Crippen LogP contribution in [0.5, 0.6) is 5.75 Å². The number of aromatic hydroxyl groups is 1. The summed E-state index contributed by atoms with van der Waals surface area (Å²) in [6.45, 7) is 1.44. The van der Waals surface area contributed by atoms with Crippen molar-refractivity contribution in [1.82, 2.24) is 5.43 Å². The maximum Gasteiger partial charge on any atom is 0.271 e. The van der Waals surface area contributed by atoms with Crippen molar-refractivity contribution in [1.29, 1.82) is 0 Å². The fourth-order valence-electron chi connectivity index (χ4n) is 1.73. The molecule has 6 nitrogen and oxygen atoms in total. The van der Waals surface area contributed by atoms with E-state index in [0.717, 1.165) is 5.56 Å². The Morgan fingerprint density at radius 1 is 1.14 bits per heavy atom. The third-order valence-electron chi connectivity index (χ3n) is 2.72. The summed E-state index contributed by atoms with van der Waals surface area (Å²) in [5.41, 5.74) is 4.15. The van der Waals surface area contributed by atoms with E-state index in [2.05, 4.69) is 15.8 Å². The van der Waals surface area contributed by atoms with Gasteiger partial charge in [0, 0.05) is 18.2 Å². The van der Waals surface area contributed by atoms with Crippen molar-refractivity contribution in [3.63, 3.8) is 0 Å². The van der Waals surface area contributed by atoms with Crippen molar-refractivity contribution in [2.75, 3.05) is 5.32 Å². The Labute approximate surface area is 127 Å². The van der Waals surface area contributed by atoms with Gasteiger partial charge in [0.1, 0.15) is 5.75 Å². The molecule has 0 spiro atoms. The molecule has 0 radical (unpaired) electrons. The lowest BCUT2D eigenvalue weighted by atomic mass is 10.2. The van der Waals surface area contributed by atoms with E-state index >= 15 is 0 Å². The highest BCUT2D eigenvalue weighted by molar-refractivity contribution is 5.95. The molecule has 0 aromatic heterocycles. The molecule has 0 fully saturated rings. The molecule has 112 valence electrons. The molecule has 0 unspecified atom stereocenters. The summed E-state index contributed by atoms with van der Waals surface area (Å²) >= 11 is 0. The van der Waals surface area contributed by atoms with E-state index in [4.69, 9.17) is 0 Å². The number of nitrogens with zero attached hydrogens (tertiary/aromatic N) is 1. The summed E-state index contributed by atoms with van der Waals surface area (Å²) in [5.74, 6) is -0.535. The number of nitrogens with one attached hydrogen (secondary N) is 2. The number of phenols is 1. The minimum atomic E-state index is -0.415. The molecule has 0 aliphatic heterocycles. The molecule has 0 aliphatic carbocycles. The molecule has 2 rings (SSSR count). The number of phenolic OH excluding ortho intramolecular Hbond substituents is 1. The van der Waals surface area contributed by atoms with E-state index in [1.165, 1.54) is 25.3 Å². The standard InChI is InChI=1S/C16H15N3O3/c1-11(20)18-14-7-5-12(6-8-14)10-17-19-16(22)13-3-2-4-15(21)9-13/h2-10,21H,1H3,(H,18,20)(H,19,22). The Morgan fingerprint density at radius 2 is 1.86 bits per heavy atom. The monoisotopic (exact) mass is 297 g/mol. The van der Waals surface area contributed by atoms with E-state index < -0.39 is 5.91 Å². The molecule has 0 bridgehead atoms. The quantitative estimate of drug-likeness (QED) is 0.596. The molecule has 2 aromatic carbocycles. The van der Waals surface area contributed by atoms with Crippen LogP contribution < -0.4 is 10.7 Å².